The molecule has 3 aliphatic rings. The third-order valence-corrected chi connectivity index (χ3v) is 15.3. The van der Waals surface area contributed by atoms with Crippen LogP contribution in [0, 0.1) is 0 Å². The van der Waals surface area contributed by atoms with Gasteiger partial charge in [-0.1, -0.05) is 226 Å². The minimum atomic E-state index is -0.214. The summed E-state index contributed by atoms with van der Waals surface area (Å²) >= 11 is 0. The summed E-state index contributed by atoms with van der Waals surface area (Å²) in [4.78, 5) is 2.56. The first-order valence-corrected chi connectivity index (χ1v) is 23.8. The predicted molar refractivity (Wildman–Crippen MR) is 281 cm³/mol. The first kappa shape index (κ1) is 39.4. The molecule has 1 atom stereocenters. The van der Waals surface area contributed by atoms with Crippen molar-refractivity contribution in [3.8, 4) is 66.8 Å². The summed E-state index contributed by atoms with van der Waals surface area (Å²) in [6.45, 7) is 4.80. The van der Waals surface area contributed by atoms with Crippen molar-refractivity contribution < 1.29 is 0 Å². The number of anilines is 3. The van der Waals surface area contributed by atoms with Crippen molar-refractivity contribution in [1.82, 2.24) is 0 Å². The average molecular weight is 856 g/mol. The molecule has 1 spiro atoms. The molecule has 1 nitrogen and oxygen atoms in total. The third kappa shape index (κ3) is 6.01. The van der Waals surface area contributed by atoms with E-state index in [1.807, 2.05) is 0 Å². The summed E-state index contributed by atoms with van der Waals surface area (Å²) in [5, 5.41) is 0. The molecule has 0 N–H and O–H groups in total. The van der Waals surface area contributed by atoms with Crippen LogP contribution >= 0.6 is 0 Å². The van der Waals surface area contributed by atoms with E-state index in [-0.39, 0.29) is 10.8 Å². The molecule has 10 aromatic carbocycles. The summed E-state index contributed by atoms with van der Waals surface area (Å²) in [7, 11) is 0. The lowest BCUT2D eigenvalue weighted by Gasteiger charge is -2.33. The molecule has 0 saturated heterocycles. The van der Waals surface area contributed by atoms with Crippen molar-refractivity contribution >= 4 is 17.1 Å². The van der Waals surface area contributed by atoms with Gasteiger partial charge in [0.05, 0.1) is 11.4 Å². The highest BCUT2D eigenvalue weighted by molar-refractivity contribution is 5.98. The van der Waals surface area contributed by atoms with Crippen LogP contribution in [0.5, 0.6) is 0 Å². The maximum absolute atomic E-state index is 2.56. The third-order valence-electron chi connectivity index (χ3n) is 15.3. The molecule has 0 amide bonds. The largest absolute Gasteiger partial charge is 0.309 e. The fourth-order valence-electron chi connectivity index (χ4n) is 12.3. The summed E-state index contributed by atoms with van der Waals surface area (Å²) in [5.41, 5.74) is 26.6. The Morgan fingerprint density at radius 3 is 1.48 bits per heavy atom. The molecule has 10 aromatic rings. The SMILES string of the molecule is CC1(C)c2ccccc2-c2cccc(-c3ccccc3N(c3ccc4c(c3)C3(CCc5ccccc53)c3ccccc3-4)c3ccccc3-c3ccc(-c4ccc(-c5ccccc5)cc4)cc3)c21. The molecule has 0 aliphatic heterocycles. The zero-order valence-electron chi connectivity index (χ0n) is 37.9. The molecule has 1 heteroatoms. The van der Waals surface area contributed by atoms with Crippen LogP contribution in [-0.4, -0.2) is 0 Å². The van der Waals surface area contributed by atoms with Crippen LogP contribution in [0.15, 0.2) is 237 Å². The van der Waals surface area contributed by atoms with Gasteiger partial charge in [0.1, 0.15) is 0 Å². The van der Waals surface area contributed by atoms with E-state index < -0.39 is 0 Å². The molecule has 318 valence electrons. The molecule has 13 rings (SSSR count). The maximum Gasteiger partial charge on any atom is 0.0540 e. The van der Waals surface area contributed by atoms with Crippen LogP contribution in [0.2, 0.25) is 0 Å². The molecule has 0 heterocycles. The summed E-state index contributed by atoms with van der Waals surface area (Å²) < 4.78 is 0. The van der Waals surface area contributed by atoms with Gasteiger partial charge in [0.25, 0.3) is 0 Å². The average Bonchev–Trinajstić information content (AvgIpc) is 4.00. The highest BCUT2D eigenvalue weighted by atomic mass is 15.1. The quantitative estimate of drug-likeness (QED) is 0.154. The Balaban J connectivity index is 1.00. The van der Waals surface area contributed by atoms with Gasteiger partial charge in [-0.15, -0.1) is 0 Å². The Bertz CT molecular complexity index is 3540. The van der Waals surface area contributed by atoms with Crippen LogP contribution in [0.4, 0.5) is 17.1 Å². The van der Waals surface area contributed by atoms with Crippen LogP contribution < -0.4 is 4.90 Å². The van der Waals surface area contributed by atoms with Gasteiger partial charge in [-0.05, 0) is 126 Å². The molecule has 0 fully saturated rings. The van der Waals surface area contributed by atoms with Crippen molar-refractivity contribution in [1.29, 1.82) is 0 Å². The van der Waals surface area contributed by atoms with E-state index in [1.54, 1.807) is 0 Å². The molecule has 1 unspecified atom stereocenters. The van der Waals surface area contributed by atoms with Gasteiger partial charge in [-0.3, -0.25) is 0 Å². The van der Waals surface area contributed by atoms with E-state index in [2.05, 4.69) is 255 Å². The molecule has 0 bridgehead atoms. The fraction of sp³-hybridized carbons (Fsp3) is 0.0909. The van der Waals surface area contributed by atoms with Crippen LogP contribution in [0.25, 0.3) is 66.8 Å². The van der Waals surface area contributed by atoms with Gasteiger partial charge < -0.3 is 4.90 Å². The Morgan fingerprint density at radius 2 is 0.791 bits per heavy atom. The first-order valence-electron chi connectivity index (χ1n) is 23.8. The predicted octanol–water partition coefficient (Wildman–Crippen LogP) is 17.4. The summed E-state index contributed by atoms with van der Waals surface area (Å²) in [6, 6.07) is 88.4. The summed E-state index contributed by atoms with van der Waals surface area (Å²) in [5.74, 6) is 0. The zero-order chi connectivity index (χ0) is 44.7. The lowest BCUT2D eigenvalue weighted by atomic mass is 9.73. The lowest BCUT2D eigenvalue weighted by molar-refractivity contribution is 0.626. The molecular weight excluding hydrogens is 807 g/mol. The zero-order valence-corrected chi connectivity index (χ0v) is 37.9. The Kier molecular flexibility index (Phi) is 8.99. The second-order valence-corrected chi connectivity index (χ2v) is 19.1. The van der Waals surface area contributed by atoms with E-state index in [9.17, 15) is 0 Å². The Labute approximate surface area is 394 Å². The van der Waals surface area contributed by atoms with Crippen LogP contribution in [0.1, 0.15) is 53.6 Å². The van der Waals surface area contributed by atoms with Gasteiger partial charge >= 0.3 is 0 Å². The van der Waals surface area contributed by atoms with Gasteiger partial charge in [-0.2, -0.15) is 0 Å². The Morgan fingerprint density at radius 1 is 0.328 bits per heavy atom. The number of para-hydroxylation sites is 2. The van der Waals surface area contributed by atoms with E-state index >= 15 is 0 Å². The number of nitrogens with zero attached hydrogens (tertiary/aromatic N) is 1. The maximum atomic E-state index is 2.56. The minimum absolute atomic E-state index is 0.177. The molecule has 0 saturated carbocycles. The van der Waals surface area contributed by atoms with Gasteiger partial charge in [-0.25, -0.2) is 0 Å². The highest BCUT2D eigenvalue weighted by Crippen LogP contribution is 2.60. The van der Waals surface area contributed by atoms with Crippen molar-refractivity contribution in [3.63, 3.8) is 0 Å². The van der Waals surface area contributed by atoms with Gasteiger partial charge in [0.15, 0.2) is 0 Å². The topological polar surface area (TPSA) is 3.24 Å². The molecule has 3 aliphatic carbocycles. The lowest BCUT2D eigenvalue weighted by Crippen LogP contribution is -2.24. The number of rotatable bonds is 7. The van der Waals surface area contributed by atoms with Crippen molar-refractivity contribution in [3.05, 3.63) is 270 Å². The van der Waals surface area contributed by atoms with E-state index in [0.717, 1.165) is 29.9 Å². The number of aryl methyl sites for hydroxylation is 1. The number of hydrogen-bond acceptors (Lipinski definition) is 1. The number of fused-ring (bicyclic) bond motifs is 10. The second kappa shape index (κ2) is 15.3. The highest BCUT2D eigenvalue weighted by Gasteiger charge is 2.48. The van der Waals surface area contributed by atoms with E-state index in [4.69, 9.17) is 0 Å². The van der Waals surface area contributed by atoms with E-state index in [1.165, 1.54) is 100 Å². The van der Waals surface area contributed by atoms with Crippen molar-refractivity contribution in [2.24, 2.45) is 0 Å². The first-order chi connectivity index (χ1) is 33.0. The normalized spacial score (nSPS) is 15.7. The van der Waals surface area contributed by atoms with Crippen molar-refractivity contribution in [2.45, 2.75) is 37.5 Å². The molecule has 0 radical (unpaired) electrons. The van der Waals surface area contributed by atoms with Crippen LogP contribution in [0.3, 0.4) is 0 Å². The minimum Gasteiger partial charge on any atom is -0.309 e. The number of benzene rings is 10. The fourth-order valence-corrected chi connectivity index (χ4v) is 12.3. The monoisotopic (exact) mass is 855 g/mol. The molecule has 67 heavy (non-hydrogen) atoms. The Hall–Kier alpha value is -8.00. The standard InChI is InChI=1S/C66H49N/c1-65(2)59-27-12-7-22-53(59)56-24-16-25-57(64(56)65)55-23-10-15-30-63(55)67(50-39-40-54-52-21-8-13-28-60(52)66(61(54)43-50)42-41-49-19-6-11-26-58(49)66)62-29-14-9-20-51(62)48-37-35-47(36-38-48)46-33-31-45(32-34-46)44-17-4-3-5-18-44/h3-40,43H,41-42H2,1-2H3. The van der Waals surface area contributed by atoms with Gasteiger partial charge in [0, 0.05) is 27.6 Å². The van der Waals surface area contributed by atoms with Gasteiger partial charge in [0.2, 0.25) is 0 Å². The molecular formula is C66H49N. The summed E-state index contributed by atoms with van der Waals surface area (Å²) in [6.07, 6.45) is 2.12. The smallest absolute Gasteiger partial charge is 0.0540 e. The van der Waals surface area contributed by atoms with E-state index in [0.29, 0.717) is 0 Å². The second-order valence-electron chi connectivity index (χ2n) is 19.1. The number of hydrogen-bond donors (Lipinski definition) is 0. The molecule has 0 aromatic heterocycles. The van der Waals surface area contributed by atoms with Crippen LogP contribution in [-0.2, 0) is 17.3 Å². The van der Waals surface area contributed by atoms with Crippen molar-refractivity contribution in [2.75, 3.05) is 4.90 Å².